The third-order valence-electron chi connectivity index (χ3n) is 3.28. The summed E-state index contributed by atoms with van der Waals surface area (Å²) in [5.41, 5.74) is 1.11. The van der Waals surface area contributed by atoms with Gasteiger partial charge in [0.15, 0.2) is 0 Å². The van der Waals surface area contributed by atoms with E-state index in [1.165, 1.54) is 12.1 Å². The van der Waals surface area contributed by atoms with Gasteiger partial charge in [-0.3, -0.25) is 0 Å². The van der Waals surface area contributed by atoms with Crippen LogP contribution in [0.4, 0.5) is 0 Å². The lowest BCUT2D eigenvalue weighted by Crippen LogP contribution is -2.30. The molecule has 7 heteroatoms. The van der Waals surface area contributed by atoms with Crippen molar-refractivity contribution in [2.24, 2.45) is 0 Å². The molecule has 0 aliphatic rings. The molecule has 2 aromatic rings. The maximum absolute atomic E-state index is 12.4. The maximum Gasteiger partial charge on any atom is 0.335 e. The van der Waals surface area contributed by atoms with Crippen LogP contribution in [0.5, 0.6) is 5.75 Å². The molecule has 0 aliphatic carbocycles. The minimum Gasteiger partial charge on any atom is -0.497 e. The normalized spacial score (nSPS) is 11.5. The highest BCUT2D eigenvalue weighted by atomic mass is 32.2. The zero-order valence-corrected chi connectivity index (χ0v) is 14.4. The van der Waals surface area contributed by atoms with Gasteiger partial charge in [-0.1, -0.05) is 12.1 Å². The van der Waals surface area contributed by atoms with E-state index in [-0.39, 0.29) is 16.5 Å². The van der Waals surface area contributed by atoms with E-state index in [0.29, 0.717) is 16.9 Å². The highest BCUT2D eigenvalue weighted by molar-refractivity contribution is 7.89. The Hall–Kier alpha value is -2.38. The standard InChI is InChI=1S/C17H19NO5S/c1-11(2)18-24(21,22)16-9-13(8-14(10-16)17(19)20)12-4-6-15(23-3)7-5-12/h4-11,18H,1-3H3,(H,19,20). The topological polar surface area (TPSA) is 92.7 Å². The van der Waals surface area contributed by atoms with Gasteiger partial charge in [0, 0.05) is 6.04 Å². The van der Waals surface area contributed by atoms with Crippen LogP contribution in [-0.4, -0.2) is 32.6 Å². The zero-order chi connectivity index (χ0) is 17.9. The fourth-order valence-electron chi connectivity index (χ4n) is 2.21. The molecule has 0 bridgehead atoms. The molecule has 0 saturated heterocycles. The third kappa shape index (κ3) is 4.12. The Morgan fingerprint density at radius 1 is 1.08 bits per heavy atom. The highest BCUT2D eigenvalue weighted by Gasteiger charge is 2.19. The van der Waals surface area contributed by atoms with E-state index in [0.717, 1.165) is 6.07 Å². The smallest absolute Gasteiger partial charge is 0.335 e. The number of hydrogen-bond donors (Lipinski definition) is 2. The summed E-state index contributed by atoms with van der Waals surface area (Å²) in [6.45, 7) is 3.39. The first kappa shape index (κ1) is 18.0. The number of hydrogen-bond acceptors (Lipinski definition) is 4. The first-order valence-electron chi connectivity index (χ1n) is 7.28. The van der Waals surface area contributed by atoms with E-state index < -0.39 is 16.0 Å². The van der Waals surface area contributed by atoms with Crippen molar-refractivity contribution in [3.8, 4) is 16.9 Å². The minimum absolute atomic E-state index is 0.0816. The van der Waals surface area contributed by atoms with E-state index >= 15 is 0 Å². The average molecular weight is 349 g/mol. The van der Waals surface area contributed by atoms with Crippen LogP contribution in [-0.2, 0) is 10.0 Å². The Morgan fingerprint density at radius 2 is 1.71 bits per heavy atom. The van der Waals surface area contributed by atoms with Crippen molar-refractivity contribution in [1.82, 2.24) is 4.72 Å². The predicted molar refractivity (Wildman–Crippen MR) is 90.8 cm³/mol. The molecule has 0 unspecified atom stereocenters. The van der Waals surface area contributed by atoms with E-state index in [1.807, 2.05) is 0 Å². The first-order chi connectivity index (χ1) is 11.2. The molecule has 0 aliphatic heterocycles. The lowest BCUT2D eigenvalue weighted by Gasteiger charge is -2.12. The van der Waals surface area contributed by atoms with E-state index in [1.54, 1.807) is 45.2 Å². The summed E-state index contributed by atoms with van der Waals surface area (Å²) in [7, 11) is -2.25. The Bertz CT molecular complexity index is 842. The largest absolute Gasteiger partial charge is 0.497 e. The fourth-order valence-corrected chi connectivity index (χ4v) is 3.53. The number of methoxy groups -OCH3 is 1. The predicted octanol–water partition coefficient (Wildman–Crippen LogP) is 2.75. The van der Waals surface area contributed by atoms with Gasteiger partial charge in [0.05, 0.1) is 17.6 Å². The maximum atomic E-state index is 12.4. The first-order valence-corrected chi connectivity index (χ1v) is 8.76. The monoisotopic (exact) mass is 349 g/mol. The van der Waals surface area contributed by atoms with Crippen molar-refractivity contribution in [2.75, 3.05) is 7.11 Å². The van der Waals surface area contributed by atoms with Gasteiger partial charge in [0.25, 0.3) is 0 Å². The van der Waals surface area contributed by atoms with Crippen LogP contribution in [0.3, 0.4) is 0 Å². The van der Waals surface area contributed by atoms with Gasteiger partial charge in [-0.15, -0.1) is 0 Å². The number of ether oxygens (including phenoxy) is 1. The average Bonchev–Trinajstić information content (AvgIpc) is 2.53. The quantitative estimate of drug-likeness (QED) is 0.836. The summed E-state index contributed by atoms with van der Waals surface area (Å²) in [6, 6.07) is 10.7. The van der Waals surface area contributed by atoms with Gasteiger partial charge >= 0.3 is 5.97 Å². The fraction of sp³-hybridized carbons (Fsp3) is 0.235. The van der Waals surface area contributed by atoms with Crippen LogP contribution >= 0.6 is 0 Å². The highest BCUT2D eigenvalue weighted by Crippen LogP contribution is 2.26. The van der Waals surface area contributed by atoms with Gasteiger partial charge < -0.3 is 9.84 Å². The summed E-state index contributed by atoms with van der Waals surface area (Å²) < 4.78 is 32.3. The molecule has 2 rings (SSSR count). The van der Waals surface area contributed by atoms with Crippen LogP contribution in [0.15, 0.2) is 47.4 Å². The second kappa shape index (κ2) is 7.02. The number of carbonyl (C=O) groups is 1. The molecular formula is C17H19NO5S. The van der Waals surface area contributed by atoms with E-state index in [2.05, 4.69) is 4.72 Å². The number of benzene rings is 2. The third-order valence-corrected chi connectivity index (χ3v) is 4.92. The number of aromatic carboxylic acids is 1. The Morgan fingerprint density at radius 3 is 2.21 bits per heavy atom. The summed E-state index contributed by atoms with van der Waals surface area (Å²) in [5, 5.41) is 9.28. The Balaban J connectivity index is 2.58. The van der Waals surface area contributed by atoms with Crippen LogP contribution < -0.4 is 9.46 Å². The van der Waals surface area contributed by atoms with Crippen LogP contribution in [0.2, 0.25) is 0 Å². The number of sulfonamides is 1. The molecule has 0 saturated carbocycles. The Kier molecular flexibility index (Phi) is 5.26. The van der Waals surface area contributed by atoms with Crippen molar-refractivity contribution in [2.45, 2.75) is 24.8 Å². The second-order valence-electron chi connectivity index (χ2n) is 5.56. The molecule has 0 spiro atoms. The van der Waals surface area contributed by atoms with Gasteiger partial charge in [-0.05, 0) is 55.3 Å². The van der Waals surface area contributed by atoms with Crippen molar-refractivity contribution in [1.29, 1.82) is 0 Å². The molecule has 0 fully saturated rings. The molecule has 0 amide bonds. The van der Waals surface area contributed by atoms with Crippen molar-refractivity contribution in [3.63, 3.8) is 0 Å². The molecule has 0 radical (unpaired) electrons. The summed E-state index contributed by atoms with van der Waals surface area (Å²) in [6.07, 6.45) is 0. The molecule has 24 heavy (non-hydrogen) atoms. The molecule has 6 nitrogen and oxygen atoms in total. The molecule has 0 atom stereocenters. The lowest BCUT2D eigenvalue weighted by molar-refractivity contribution is 0.0696. The number of rotatable bonds is 6. The van der Waals surface area contributed by atoms with Crippen LogP contribution in [0, 0.1) is 0 Å². The van der Waals surface area contributed by atoms with Gasteiger partial charge in [0.1, 0.15) is 5.75 Å². The van der Waals surface area contributed by atoms with Gasteiger partial charge in [-0.25, -0.2) is 17.9 Å². The molecule has 2 N–H and O–H groups in total. The molecule has 2 aromatic carbocycles. The Labute approximate surface area is 141 Å². The summed E-state index contributed by atoms with van der Waals surface area (Å²) >= 11 is 0. The SMILES string of the molecule is COc1ccc(-c2cc(C(=O)O)cc(S(=O)(=O)NC(C)C)c2)cc1. The molecule has 0 heterocycles. The summed E-state index contributed by atoms with van der Waals surface area (Å²) in [5.74, 6) is -0.534. The second-order valence-corrected chi connectivity index (χ2v) is 7.27. The lowest BCUT2D eigenvalue weighted by atomic mass is 10.0. The summed E-state index contributed by atoms with van der Waals surface area (Å²) in [4.78, 5) is 11.3. The van der Waals surface area contributed by atoms with Crippen LogP contribution in [0.1, 0.15) is 24.2 Å². The number of carboxylic acids is 1. The number of nitrogens with one attached hydrogen (secondary N) is 1. The molecular weight excluding hydrogens is 330 g/mol. The van der Waals surface area contributed by atoms with Gasteiger partial charge in [0.2, 0.25) is 10.0 Å². The minimum atomic E-state index is -3.80. The molecule has 0 aromatic heterocycles. The van der Waals surface area contributed by atoms with Crippen molar-refractivity contribution >= 4 is 16.0 Å². The molecule has 128 valence electrons. The van der Waals surface area contributed by atoms with Gasteiger partial charge in [-0.2, -0.15) is 0 Å². The zero-order valence-electron chi connectivity index (χ0n) is 13.6. The van der Waals surface area contributed by atoms with E-state index in [9.17, 15) is 18.3 Å². The van der Waals surface area contributed by atoms with E-state index in [4.69, 9.17) is 4.74 Å². The van der Waals surface area contributed by atoms with Crippen LogP contribution in [0.25, 0.3) is 11.1 Å². The van der Waals surface area contributed by atoms with Crippen molar-refractivity contribution in [3.05, 3.63) is 48.0 Å². The van der Waals surface area contributed by atoms with Crippen molar-refractivity contribution < 1.29 is 23.1 Å². The number of carboxylic acid groups (broad SMARTS) is 1.